The molecule has 2 saturated heterocycles. The third-order valence-corrected chi connectivity index (χ3v) is 7.00. The van der Waals surface area contributed by atoms with Crippen LogP contribution in [0.3, 0.4) is 0 Å². The highest BCUT2D eigenvalue weighted by Crippen LogP contribution is 2.49. The van der Waals surface area contributed by atoms with E-state index in [1.54, 1.807) is 6.07 Å². The van der Waals surface area contributed by atoms with Crippen molar-refractivity contribution < 1.29 is 19.4 Å². The van der Waals surface area contributed by atoms with Gasteiger partial charge in [-0.1, -0.05) is 51.5 Å². The number of carbonyl (C=O) groups excluding carboxylic acids is 1. The molecule has 4 rings (SSSR count). The van der Waals surface area contributed by atoms with Crippen LogP contribution >= 0.6 is 0 Å². The fourth-order valence-electron chi connectivity index (χ4n) is 5.20. The van der Waals surface area contributed by atoms with Crippen LogP contribution in [-0.2, 0) is 4.79 Å². The molecule has 4 unspecified atom stereocenters. The van der Waals surface area contributed by atoms with Gasteiger partial charge in [0.25, 0.3) is 0 Å². The summed E-state index contributed by atoms with van der Waals surface area (Å²) in [6.07, 6.45) is 2.91. The van der Waals surface area contributed by atoms with E-state index in [1.807, 2.05) is 42.2 Å². The maximum absolute atomic E-state index is 13.5. The Morgan fingerprint density at radius 2 is 1.80 bits per heavy atom. The molecule has 3 N–H and O–H groups in total. The Balaban J connectivity index is 1.71. The van der Waals surface area contributed by atoms with Crippen molar-refractivity contribution in [2.45, 2.75) is 65.1 Å². The van der Waals surface area contributed by atoms with Crippen LogP contribution in [0.2, 0.25) is 0 Å². The first-order valence-corrected chi connectivity index (χ1v) is 12.9. The zero-order chi connectivity index (χ0) is 24.9. The zero-order valence-corrected chi connectivity index (χ0v) is 21.3. The number of nitrogens with zero attached hydrogens (tertiary/aromatic N) is 1. The highest BCUT2D eigenvalue weighted by Gasteiger charge is 2.55. The second kappa shape index (κ2) is 11.3. The van der Waals surface area contributed by atoms with Crippen molar-refractivity contribution in [2.24, 2.45) is 11.8 Å². The maximum Gasteiger partial charge on any atom is 0.242 e. The third kappa shape index (κ3) is 5.26. The monoisotopic (exact) mass is 481 g/mol. The molecule has 0 bridgehead atoms. The summed E-state index contributed by atoms with van der Waals surface area (Å²) in [5, 5.41) is 10.6. The van der Waals surface area contributed by atoms with Gasteiger partial charge in [0.1, 0.15) is 11.8 Å². The molecule has 1 amide bonds. The maximum atomic E-state index is 13.5. The number of ether oxygens (including phenoxy) is 2. The van der Waals surface area contributed by atoms with Crippen molar-refractivity contribution in [1.82, 2.24) is 15.8 Å². The fourth-order valence-corrected chi connectivity index (χ4v) is 5.20. The van der Waals surface area contributed by atoms with E-state index in [4.69, 9.17) is 9.47 Å². The standard InChI is InChI=1S/C28H39N3O4/c1-5-7-15-31-27(19-12-13-22(23(17-19)34-6-2)35-16-14-18(3)4)24-25(29-30-26(24)28(31)33)20-10-8-9-11-21(20)32/h8-13,17-18,24-27,29-30,32H,5-7,14-16H2,1-4H3. The van der Waals surface area contributed by atoms with Gasteiger partial charge in [-0.3, -0.25) is 4.79 Å². The zero-order valence-electron chi connectivity index (χ0n) is 21.3. The first kappa shape index (κ1) is 25.3. The van der Waals surface area contributed by atoms with Gasteiger partial charge in [0.15, 0.2) is 11.5 Å². The number of hydrazine groups is 1. The van der Waals surface area contributed by atoms with Gasteiger partial charge in [-0.25, -0.2) is 10.9 Å². The third-order valence-electron chi connectivity index (χ3n) is 7.00. The molecule has 4 atom stereocenters. The molecule has 0 aromatic heterocycles. The van der Waals surface area contributed by atoms with Gasteiger partial charge >= 0.3 is 0 Å². The Morgan fingerprint density at radius 3 is 2.51 bits per heavy atom. The average Bonchev–Trinajstić information content (AvgIpc) is 3.37. The van der Waals surface area contributed by atoms with Crippen LogP contribution in [-0.4, -0.2) is 41.7 Å². The number of phenolic OH excluding ortho intramolecular Hbond substituents is 1. The number of para-hydroxylation sites is 1. The van der Waals surface area contributed by atoms with E-state index < -0.39 is 0 Å². The Kier molecular flexibility index (Phi) is 8.19. The highest BCUT2D eigenvalue weighted by atomic mass is 16.5. The normalized spacial score (nSPS) is 23.7. The van der Waals surface area contributed by atoms with Crippen LogP contribution in [0, 0.1) is 11.8 Å². The molecule has 7 heteroatoms. The summed E-state index contributed by atoms with van der Waals surface area (Å²) in [5.41, 5.74) is 8.34. The van der Waals surface area contributed by atoms with Crippen molar-refractivity contribution in [2.75, 3.05) is 19.8 Å². The van der Waals surface area contributed by atoms with Crippen molar-refractivity contribution in [3.63, 3.8) is 0 Å². The number of phenols is 1. The summed E-state index contributed by atoms with van der Waals surface area (Å²) < 4.78 is 12.0. The second-order valence-electron chi connectivity index (χ2n) is 9.88. The Hall–Kier alpha value is -2.77. The number of hydrogen-bond donors (Lipinski definition) is 3. The lowest BCUT2D eigenvalue weighted by atomic mass is 9.83. The van der Waals surface area contributed by atoms with E-state index in [0.717, 1.165) is 36.1 Å². The van der Waals surface area contributed by atoms with Crippen molar-refractivity contribution >= 4 is 5.91 Å². The van der Waals surface area contributed by atoms with Crippen LogP contribution in [0.25, 0.3) is 0 Å². The van der Waals surface area contributed by atoms with Gasteiger partial charge in [0.05, 0.1) is 25.3 Å². The van der Waals surface area contributed by atoms with E-state index in [0.29, 0.717) is 31.4 Å². The van der Waals surface area contributed by atoms with Gasteiger partial charge in [0.2, 0.25) is 5.91 Å². The lowest BCUT2D eigenvalue weighted by Gasteiger charge is -2.32. The average molecular weight is 482 g/mol. The molecule has 2 aromatic rings. The molecule has 2 heterocycles. The molecule has 0 aliphatic carbocycles. The summed E-state index contributed by atoms with van der Waals surface area (Å²) in [6, 6.07) is 12.7. The van der Waals surface area contributed by atoms with Crippen molar-refractivity contribution in [3.05, 3.63) is 53.6 Å². The molecule has 0 spiro atoms. The number of likely N-dealkylation sites (tertiary alicyclic amines) is 1. The minimum atomic E-state index is -0.362. The molecule has 2 aliphatic rings. The number of fused-ring (bicyclic) bond motifs is 1. The lowest BCUT2D eigenvalue weighted by molar-refractivity contribution is -0.130. The van der Waals surface area contributed by atoms with E-state index in [9.17, 15) is 9.90 Å². The number of aromatic hydroxyl groups is 1. The van der Waals surface area contributed by atoms with Gasteiger partial charge in [-0.05, 0) is 49.4 Å². The van der Waals surface area contributed by atoms with Crippen LogP contribution in [0.1, 0.15) is 70.2 Å². The van der Waals surface area contributed by atoms with Crippen molar-refractivity contribution in [3.8, 4) is 17.2 Å². The summed E-state index contributed by atoms with van der Waals surface area (Å²) in [7, 11) is 0. The van der Waals surface area contributed by atoms with E-state index in [1.165, 1.54) is 0 Å². The SMILES string of the molecule is CCCCN1C(=O)C2NNC(c3ccccc3O)C2C1c1ccc(OCCC(C)C)c(OCC)c1. The predicted molar refractivity (Wildman–Crippen MR) is 136 cm³/mol. The number of benzene rings is 2. The first-order valence-electron chi connectivity index (χ1n) is 12.9. The summed E-state index contributed by atoms with van der Waals surface area (Å²) in [5.74, 6) is 2.24. The molecular weight excluding hydrogens is 442 g/mol. The smallest absolute Gasteiger partial charge is 0.242 e. The molecule has 0 saturated carbocycles. The Labute approximate surface area is 208 Å². The summed E-state index contributed by atoms with van der Waals surface area (Å²) >= 11 is 0. The Bertz CT molecular complexity index is 1010. The number of carbonyl (C=O) groups is 1. The minimum Gasteiger partial charge on any atom is -0.508 e. The number of hydrogen-bond acceptors (Lipinski definition) is 6. The predicted octanol–water partition coefficient (Wildman–Crippen LogP) is 4.73. The van der Waals surface area contributed by atoms with Crippen LogP contribution in [0.5, 0.6) is 17.2 Å². The number of amides is 1. The topological polar surface area (TPSA) is 83.1 Å². The molecule has 2 aromatic carbocycles. The van der Waals surface area contributed by atoms with Crippen molar-refractivity contribution in [1.29, 1.82) is 0 Å². The van der Waals surface area contributed by atoms with E-state index in [-0.39, 0.29) is 35.7 Å². The fraction of sp³-hybridized carbons (Fsp3) is 0.536. The number of unbranched alkanes of at least 4 members (excludes halogenated alkanes) is 1. The van der Waals surface area contributed by atoms with Crippen LogP contribution in [0.4, 0.5) is 0 Å². The second-order valence-corrected chi connectivity index (χ2v) is 9.88. The van der Waals surface area contributed by atoms with E-state index in [2.05, 4.69) is 37.7 Å². The molecule has 2 fully saturated rings. The molecule has 0 radical (unpaired) electrons. The summed E-state index contributed by atoms with van der Waals surface area (Å²) in [4.78, 5) is 15.5. The quantitative estimate of drug-likeness (QED) is 0.430. The Morgan fingerprint density at radius 1 is 1.03 bits per heavy atom. The summed E-state index contributed by atoms with van der Waals surface area (Å²) in [6.45, 7) is 10.3. The largest absolute Gasteiger partial charge is 0.508 e. The number of rotatable bonds is 11. The van der Waals surface area contributed by atoms with Gasteiger partial charge < -0.3 is 19.5 Å². The molecule has 2 aliphatic heterocycles. The van der Waals surface area contributed by atoms with Gasteiger partial charge in [0, 0.05) is 18.0 Å². The van der Waals surface area contributed by atoms with Gasteiger partial charge in [-0.2, -0.15) is 0 Å². The molecule has 7 nitrogen and oxygen atoms in total. The van der Waals surface area contributed by atoms with E-state index >= 15 is 0 Å². The highest BCUT2D eigenvalue weighted by molar-refractivity contribution is 5.86. The molecule has 35 heavy (non-hydrogen) atoms. The first-order chi connectivity index (χ1) is 17.0. The van der Waals surface area contributed by atoms with Crippen LogP contribution < -0.4 is 20.3 Å². The molecule has 190 valence electrons. The minimum absolute atomic E-state index is 0.0881. The molecular formula is C28H39N3O4. The lowest BCUT2D eigenvalue weighted by Crippen LogP contribution is -2.41. The van der Waals surface area contributed by atoms with Gasteiger partial charge in [-0.15, -0.1) is 0 Å². The number of nitrogens with one attached hydrogen (secondary N) is 2. The van der Waals surface area contributed by atoms with Crippen LogP contribution in [0.15, 0.2) is 42.5 Å².